The van der Waals surface area contributed by atoms with Gasteiger partial charge in [-0.3, -0.25) is 4.79 Å². The van der Waals surface area contributed by atoms with Crippen molar-refractivity contribution in [3.8, 4) is 22.6 Å². The number of hydrogen-bond donors (Lipinski definition) is 0. The predicted octanol–water partition coefficient (Wildman–Crippen LogP) is 6.64. The number of esters is 1. The third-order valence-corrected chi connectivity index (χ3v) is 5.28. The number of hydrogen-bond acceptors (Lipinski definition) is 4. The Kier molecular flexibility index (Phi) is 6.04. The second-order valence-electron chi connectivity index (χ2n) is 7.66. The van der Waals surface area contributed by atoms with E-state index in [-0.39, 0.29) is 23.5 Å². The van der Waals surface area contributed by atoms with Crippen molar-refractivity contribution < 1.29 is 18.7 Å². The molecule has 0 radical (unpaired) electrons. The molecule has 0 saturated carbocycles. The molecule has 32 heavy (non-hydrogen) atoms. The summed E-state index contributed by atoms with van der Waals surface area (Å²) in [6.07, 6.45) is 0. The van der Waals surface area contributed by atoms with Crippen LogP contribution in [0.3, 0.4) is 0 Å². The van der Waals surface area contributed by atoms with Gasteiger partial charge in [0.2, 0.25) is 0 Å². The van der Waals surface area contributed by atoms with Gasteiger partial charge in [-0.15, -0.1) is 0 Å². The van der Waals surface area contributed by atoms with Gasteiger partial charge < -0.3 is 9.15 Å². The van der Waals surface area contributed by atoms with Gasteiger partial charge in [-0.05, 0) is 20.8 Å². The monoisotopic (exact) mass is 424 g/mol. The van der Waals surface area contributed by atoms with E-state index in [1.807, 2.05) is 80.6 Å². The molecule has 3 aromatic carbocycles. The van der Waals surface area contributed by atoms with Crippen LogP contribution in [0.5, 0.6) is 0 Å². The normalized spacial score (nSPS) is 10.7. The van der Waals surface area contributed by atoms with Crippen molar-refractivity contribution in [1.29, 1.82) is 0 Å². The standard InChI is InChI=1S/C28H24O4/c1-4-31-28(30)24-23(25(29)20-14-10-18(2)11-15-20)26(22-16-12-19(3)13-17-22)32-27(24)21-8-6-5-7-9-21/h5-17H,4H2,1-3H3. The lowest BCUT2D eigenvalue weighted by atomic mass is 9.94. The average molecular weight is 424 g/mol. The smallest absolute Gasteiger partial charge is 0.342 e. The average Bonchev–Trinajstić information content (AvgIpc) is 3.21. The Bertz CT molecular complexity index is 1250. The summed E-state index contributed by atoms with van der Waals surface area (Å²) < 4.78 is 11.6. The highest BCUT2D eigenvalue weighted by Gasteiger charge is 2.32. The molecule has 0 aliphatic heterocycles. The van der Waals surface area contributed by atoms with Crippen LogP contribution >= 0.6 is 0 Å². The number of rotatable bonds is 6. The number of furan rings is 1. The van der Waals surface area contributed by atoms with Gasteiger partial charge in [-0.25, -0.2) is 4.79 Å². The maximum Gasteiger partial charge on any atom is 0.342 e. The molecule has 0 unspecified atom stereocenters. The minimum absolute atomic E-state index is 0.152. The predicted molar refractivity (Wildman–Crippen MR) is 125 cm³/mol. The molecular formula is C28H24O4. The maximum absolute atomic E-state index is 13.7. The van der Waals surface area contributed by atoms with Crippen LogP contribution in [-0.4, -0.2) is 18.4 Å². The lowest BCUT2D eigenvalue weighted by molar-refractivity contribution is 0.0524. The summed E-state index contributed by atoms with van der Waals surface area (Å²) in [4.78, 5) is 26.8. The molecule has 0 amide bonds. The molecule has 0 atom stereocenters. The van der Waals surface area contributed by atoms with E-state index in [0.717, 1.165) is 16.7 Å². The Morgan fingerprint density at radius 1 is 0.719 bits per heavy atom. The molecule has 0 fully saturated rings. The largest absolute Gasteiger partial charge is 0.462 e. The Morgan fingerprint density at radius 2 is 1.25 bits per heavy atom. The first kappa shape index (κ1) is 21.3. The Morgan fingerprint density at radius 3 is 1.84 bits per heavy atom. The molecule has 0 spiro atoms. The highest BCUT2D eigenvalue weighted by atomic mass is 16.5. The molecule has 0 aliphatic carbocycles. The first-order valence-electron chi connectivity index (χ1n) is 10.6. The fourth-order valence-electron chi connectivity index (χ4n) is 3.60. The molecule has 1 heterocycles. The second-order valence-corrected chi connectivity index (χ2v) is 7.66. The summed E-state index contributed by atoms with van der Waals surface area (Å²) in [6.45, 7) is 5.88. The molecule has 4 rings (SSSR count). The molecular weight excluding hydrogens is 400 g/mol. The lowest BCUT2D eigenvalue weighted by Crippen LogP contribution is -2.12. The first-order valence-corrected chi connectivity index (χ1v) is 10.6. The molecule has 0 bridgehead atoms. The molecule has 1 aromatic heterocycles. The number of carbonyl (C=O) groups is 2. The van der Waals surface area contributed by atoms with Crippen molar-refractivity contribution in [3.05, 3.63) is 107 Å². The maximum atomic E-state index is 13.7. The molecule has 4 nitrogen and oxygen atoms in total. The second kappa shape index (κ2) is 9.06. The van der Waals surface area contributed by atoms with Crippen LogP contribution in [0.1, 0.15) is 44.3 Å². The van der Waals surface area contributed by atoms with Crippen LogP contribution in [0.2, 0.25) is 0 Å². The zero-order chi connectivity index (χ0) is 22.7. The Hall–Kier alpha value is -3.92. The van der Waals surface area contributed by atoms with Gasteiger partial charge in [-0.1, -0.05) is 90.0 Å². The SMILES string of the molecule is CCOC(=O)c1c(-c2ccccc2)oc(-c2ccc(C)cc2)c1C(=O)c1ccc(C)cc1. The zero-order valence-electron chi connectivity index (χ0n) is 18.3. The number of carbonyl (C=O) groups excluding carboxylic acids is 2. The van der Waals surface area contributed by atoms with Crippen LogP contribution in [-0.2, 0) is 4.74 Å². The quantitative estimate of drug-likeness (QED) is 0.257. The van der Waals surface area contributed by atoms with Crippen molar-refractivity contribution in [2.24, 2.45) is 0 Å². The summed E-state index contributed by atoms with van der Waals surface area (Å²) in [6, 6.07) is 24.3. The van der Waals surface area contributed by atoms with Crippen LogP contribution in [0.15, 0.2) is 83.3 Å². The summed E-state index contributed by atoms with van der Waals surface area (Å²) in [5.74, 6) is -0.175. The molecule has 4 aromatic rings. The summed E-state index contributed by atoms with van der Waals surface area (Å²) in [5, 5.41) is 0. The van der Waals surface area contributed by atoms with Crippen LogP contribution < -0.4 is 0 Å². The lowest BCUT2D eigenvalue weighted by Gasteiger charge is -2.07. The number of benzene rings is 3. The van der Waals surface area contributed by atoms with Gasteiger partial charge in [0.25, 0.3) is 0 Å². The van der Waals surface area contributed by atoms with E-state index in [1.165, 1.54) is 0 Å². The highest BCUT2D eigenvalue weighted by molar-refractivity contribution is 6.19. The van der Waals surface area contributed by atoms with E-state index in [0.29, 0.717) is 22.6 Å². The van der Waals surface area contributed by atoms with E-state index in [9.17, 15) is 9.59 Å². The minimum atomic E-state index is -0.580. The van der Waals surface area contributed by atoms with Crippen molar-refractivity contribution >= 4 is 11.8 Å². The number of aryl methyl sites for hydroxylation is 2. The minimum Gasteiger partial charge on any atom is -0.462 e. The molecule has 4 heteroatoms. The number of ketones is 1. The van der Waals surface area contributed by atoms with Gasteiger partial charge in [0.1, 0.15) is 17.1 Å². The van der Waals surface area contributed by atoms with Gasteiger partial charge >= 0.3 is 5.97 Å². The van der Waals surface area contributed by atoms with E-state index in [1.54, 1.807) is 19.1 Å². The van der Waals surface area contributed by atoms with Crippen LogP contribution in [0.4, 0.5) is 0 Å². The van der Waals surface area contributed by atoms with Crippen molar-refractivity contribution in [3.63, 3.8) is 0 Å². The fourth-order valence-corrected chi connectivity index (χ4v) is 3.60. The fraction of sp³-hybridized carbons (Fsp3) is 0.143. The van der Waals surface area contributed by atoms with Gasteiger partial charge in [-0.2, -0.15) is 0 Å². The zero-order valence-corrected chi connectivity index (χ0v) is 18.3. The van der Waals surface area contributed by atoms with Crippen molar-refractivity contribution in [2.75, 3.05) is 6.61 Å². The third kappa shape index (κ3) is 4.12. The molecule has 0 aliphatic rings. The van der Waals surface area contributed by atoms with Crippen molar-refractivity contribution in [1.82, 2.24) is 0 Å². The van der Waals surface area contributed by atoms with E-state index in [2.05, 4.69) is 0 Å². The van der Waals surface area contributed by atoms with E-state index in [4.69, 9.17) is 9.15 Å². The van der Waals surface area contributed by atoms with Gasteiger partial charge in [0.05, 0.1) is 12.2 Å². The molecule has 0 N–H and O–H groups in total. The third-order valence-electron chi connectivity index (χ3n) is 5.28. The first-order chi connectivity index (χ1) is 15.5. The Labute approximate surface area is 187 Å². The van der Waals surface area contributed by atoms with Crippen LogP contribution in [0, 0.1) is 13.8 Å². The molecule has 160 valence electrons. The summed E-state index contributed by atoms with van der Waals surface area (Å²) >= 11 is 0. The van der Waals surface area contributed by atoms with E-state index < -0.39 is 5.97 Å². The highest BCUT2D eigenvalue weighted by Crippen LogP contribution is 2.39. The number of ether oxygens (including phenoxy) is 1. The van der Waals surface area contributed by atoms with E-state index >= 15 is 0 Å². The summed E-state index contributed by atoms with van der Waals surface area (Å²) in [7, 11) is 0. The van der Waals surface area contributed by atoms with Gasteiger partial charge in [0, 0.05) is 16.7 Å². The molecule has 0 saturated heterocycles. The van der Waals surface area contributed by atoms with Crippen LogP contribution in [0.25, 0.3) is 22.6 Å². The Balaban J connectivity index is 2.02. The van der Waals surface area contributed by atoms with Gasteiger partial charge in [0.15, 0.2) is 5.78 Å². The van der Waals surface area contributed by atoms with Crippen molar-refractivity contribution in [2.45, 2.75) is 20.8 Å². The topological polar surface area (TPSA) is 56.5 Å². The summed E-state index contributed by atoms with van der Waals surface area (Å²) in [5.41, 5.74) is 4.40.